The van der Waals surface area contributed by atoms with Crippen LogP contribution in [0.2, 0.25) is 0 Å². The molecule has 0 saturated carbocycles. The van der Waals surface area contributed by atoms with Crippen LogP contribution in [0.25, 0.3) is 10.1 Å². The maximum atomic E-state index is 12.3. The molecule has 0 aliphatic carbocycles. The number of hydrogen-bond donors (Lipinski definition) is 0. The summed E-state index contributed by atoms with van der Waals surface area (Å²) in [5.41, 5.74) is 1.10. The number of halogens is 1. The van der Waals surface area contributed by atoms with Crippen molar-refractivity contribution in [2.24, 2.45) is 0 Å². The number of thiophene rings is 1. The molecule has 0 saturated heterocycles. The van der Waals surface area contributed by atoms with Crippen molar-refractivity contribution in [2.45, 2.75) is 6.54 Å². The maximum Gasteiger partial charge on any atom is 0.259 e. The van der Waals surface area contributed by atoms with Gasteiger partial charge in [0, 0.05) is 10.9 Å². The molecular formula is C15H12BrNO2S. The van der Waals surface area contributed by atoms with Crippen molar-refractivity contribution >= 4 is 37.4 Å². The van der Waals surface area contributed by atoms with Crippen molar-refractivity contribution in [1.82, 2.24) is 4.57 Å². The molecule has 3 rings (SSSR count). The third kappa shape index (κ3) is 2.39. The number of pyridine rings is 1. The average molecular weight is 350 g/mol. The fraction of sp³-hybridized carbons (Fsp3) is 0.133. The molecule has 0 unspecified atom stereocenters. The summed E-state index contributed by atoms with van der Waals surface area (Å²) < 4.78 is 8.85. The minimum Gasteiger partial charge on any atom is -0.496 e. The zero-order chi connectivity index (χ0) is 14.1. The zero-order valence-corrected chi connectivity index (χ0v) is 13.2. The van der Waals surface area contributed by atoms with E-state index in [9.17, 15) is 4.79 Å². The molecule has 0 radical (unpaired) electrons. The molecule has 0 aliphatic heterocycles. The van der Waals surface area contributed by atoms with Gasteiger partial charge < -0.3 is 9.30 Å². The van der Waals surface area contributed by atoms with Gasteiger partial charge in [0.1, 0.15) is 5.75 Å². The highest BCUT2D eigenvalue weighted by atomic mass is 79.9. The molecular weight excluding hydrogens is 338 g/mol. The molecule has 0 N–H and O–H groups in total. The monoisotopic (exact) mass is 349 g/mol. The second-order valence-corrected chi connectivity index (χ2v) is 6.22. The van der Waals surface area contributed by atoms with E-state index in [4.69, 9.17) is 4.74 Å². The van der Waals surface area contributed by atoms with Crippen LogP contribution < -0.4 is 10.3 Å². The fourth-order valence-electron chi connectivity index (χ4n) is 2.14. The molecule has 0 aliphatic rings. The lowest BCUT2D eigenvalue weighted by Gasteiger charge is -2.08. The van der Waals surface area contributed by atoms with Crippen LogP contribution in [0.1, 0.15) is 5.56 Å². The lowest BCUT2D eigenvalue weighted by atomic mass is 10.2. The molecule has 0 bridgehead atoms. The van der Waals surface area contributed by atoms with E-state index in [1.54, 1.807) is 23.0 Å². The summed E-state index contributed by atoms with van der Waals surface area (Å²) in [5.74, 6) is 0.786. The molecule has 20 heavy (non-hydrogen) atoms. The summed E-state index contributed by atoms with van der Waals surface area (Å²) in [6.45, 7) is 0.549. The van der Waals surface area contributed by atoms with Gasteiger partial charge in [0.05, 0.1) is 23.5 Å². The lowest BCUT2D eigenvalue weighted by Crippen LogP contribution is -2.19. The zero-order valence-electron chi connectivity index (χ0n) is 10.8. The van der Waals surface area contributed by atoms with Crippen LogP contribution in [0.4, 0.5) is 0 Å². The van der Waals surface area contributed by atoms with Crippen molar-refractivity contribution in [3.8, 4) is 5.75 Å². The van der Waals surface area contributed by atoms with Gasteiger partial charge in [0.25, 0.3) is 5.56 Å². The van der Waals surface area contributed by atoms with E-state index in [1.165, 1.54) is 0 Å². The van der Waals surface area contributed by atoms with E-state index in [1.807, 2.05) is 41.9 Å². The number of rotatable bonds is 3. The Morgan fingerprint density at radius 3 is 2.90 bits per heavy atom. The molecule has 2 aromatic heterocycles. The van der Waals surface area contributed by atoms with E-state index in [0.29, 0.717) is 6.54 Å². The first-order valence-corrected chi connectivity index (χ1v) is 7.75. The Kier molecular flexibility index (Phi) is 3.63. The van der Waals surface area contributed by atoms with Crippen molar-refractivity contribution in [1.29, 1.82) is 0 Å². The van der Waals surface area contributed by atoms with Crippen LogP contribution in [-0.2, 0) is 6.54 Å². The third-order valence-corrected chi connectivity index (χ3v) is 4.66. The van der Waals surface area contributed by atoms with Crippen molar-refractivity contribution in [3.05, 3.63) is 62.3 Å². The molecule has 2 heterocycles. The van der Waals surface area contributed by atoms with Gasteiger partial charge in [0.2, 0.25) is 0 Å². The van der Waals surface area contributed by atoms with Crippen LogP contribution in [0.15, 0.2) is 51.2 Å². The predicted molar refractivity (Wildman–Crippen MR) is 85.9 cm³/mol. The number of hydrogen-bond acceptors (Lipinski definition) is 3. The number of aromatic nitrogens is 1. The van der Waals surface area contributed by atoms with E-state index >= 15 is 0 Å². The maximum absolute atomic E-state index is 12.3. The summed E-state index contributed by atoms with van der Waals surface area (Å²) in [5, 5.41) is 2.73. The van der Waals surface area contributed by atoms with Crippen LogP contribution in [0.3, 0.4) is 0 Å². The lowest BCUT2D eigenvalue weighted by molar-refractivity contribution is 0.412. The first-order chi connectivity index (χ1) is 9.69. The van der Waals surface area contributed by atoms with Gasteiger partial charge >= 0.3 is 0 Å². The fourth-order valence-corrected chi connectivity index (χ4v) is 3.50. The Labute approximate surface area is 128 Å². The topological polar surface area (TPSA) is 31.2 Å². The van der Waals surface area contributed by atoms with Crippen LogP contribution >= 0.6 is 27.3 Å². The van der Waals surface area contributed by atoms with Crippen LogP contribution in [0, 0.1) is 0 Å². The number of ether oxygens (including phenoxy) is 1. The number of methoxy groups -OCH3 is 1. The van der Waals surface area contributed by atoms with Crippen LogP contribution in [0.5, 0.6) is 5.75 Å². The second-order valence-electron chi connectivity index (χ2n) is 4.42. The third-order valence-electron chi connectivity index (χ3n) is 3.16. The normalized spacial score (nSPS) is 10.9. The molecule has 0 amide bonds. The van der Waals surface area contributed by atoms with Gasteiger partial charge in [-0.3, -0.25) is 4.79 Å². The van der Waals surface area contributed by atoms with Gasteiger partial charge in [-0.25, -0.2) is 0 Å². The standard InChI is InChI=1S/C15H12BrNO2S/c1-19-13-3-2-10(8-12(13)16)9-17-6-4-14-11(15(17)18)5-7-20-14/h2-8H,9H2,1H3. The summed E-state index contributed by atoms with van der Waals surface area (Å²) in [6.07, 6.45) is 1.85. The van der Waals surface area contributed by atoms with E-state index in [2.05, 4.69) is 15.9 Å². The summed E-state index contributed by atoms with van der Waals surface area (Å²) in [7, 11) is 1.63. The van der Waals surface area contributed by atoms with Gasteiger partial charge in [-0.15, -0.1) is 11.3 Å². The number of fused-ring (bicyclic) bond motifs is 1. The van der Waals surface area contributed by atoms with E-state index < -0.39 is 0 Å². The number of benzene rings is 1. The molecule has 5 heteroatoms. The Balaban J connectivity index is 1.98. The highest BCUT2D eigenvalue weighted by molar-refractivity contribution is 9.10. The Hall–Kier alpha value is -1.59. The highest BCUT2D eigenvalue weighted by Crippen LogP contribution is 2.26. The van der Waals surface area contributed by atoms with Gasteiger partial charge in [0.15, 0.2) is 0 Å². The largest absolute Gasteiger partial charge is 0.496 e. The molecule has 102 valence electrons. The Bertz CT molecular complexity index is 822. The summed E-state index contributed by atoms with van der Waals surface area (Å²) in [4.78, 5) is 12.3. The van der Waals surface area contributed by atoms with E-state index in [0.717, 1.165) is 25.9 Å². The first kappa shape index (κ1) is 13.4. The molecule has 0 spiro atoms. The highest BCUT2D eigenvalue weighted by Gasteiger charge is 2.06. The molecule has 0 fully saturated rings. The van der Waals surface area contributed by atoms with Crippen LogP contribution in [-0.4, -0.2) is 11.7 Å². The van der Waals surface area contributed by atoms with Gasteiger partial charge in [-0.1, -0.05) is 6.07 Å². The Morgan fingerprint density at radius 2 is 2.15 bits per heavy atom. The Morgan fingerprint density at radius 1 is 1.30 bits per heavy atom. The SMILES string of the molecule is COc1ccc(Cn2ccc3sccc3c2=O)cc1Br. The first-order valence-electron chi connectivity index (χ1n) is 6.08. The summed E-state index contributed by atoms with van der Waals surface area (Å²) in [6, 6.07) is 9.70. The smallest absolute Gasteiger partial charge is 0.259 e. The quantitative estimate of drug-likeness (QED) is 0.718. The molecule has 0 atom stereocenters. The summed E-state index contributed by atoms with van der Waals surface area (Å²) >= 11 is 5.05. The average Bonchev–Trinajstić information content (AvgIpc) is 2.91. The van der Waals surface area contributed by atoms with Gasteiger partial charge in [-0.05, 0) is 51.1 Å². The van der Waals surface area contributed by atoms with Gasteiger partial charge in [-0.2, -0.15) is 0 Å². The minimum absolute atomic E-state index is 0.0516. The predicted octanol–water partition coefficient (Wildman–Crippen LogP) is 3.88. The minimum atomic E-state index is 0.0516. The van der Waals surface area contributed by atoms with Crippen molar-refractivity contribution in [2.75, 3.05) is 7.11 Å². The number of nitrogens with zero attached hydrogens (tertiary/aromatic N) is 1. The van der Waals surface area contributed by atoms with Crippen molar-refractivity contribution in [3.63, 3.8) is 0 Å². The second kappa shape index (κ2) is 5.42. The van der Waals surface area contributed by atoms with Crippen molar-refractivity contribution < 1.29 is 4.74 Å². The molecule has 1 aromatic carbocycles. The molecule has 3 aromatic rings. The van der Waals surface area contributed by atoms with E-state index in [-0.39, 0.29) is 5.56 Å². The molecule has 3 nitrogen and oxygen atoms in total.